The van der Waals surface area contributed by atoms with Gasteiger partial charge < -0.3 is 14.8 Å². The summed E-state index contributed by atoms with van der Waals surface area (Å²) >= 11 is 0. The highest BCUT2D eigenvalue weighted by Crippen LogP contribution is 2.18. The second-order valence-corrected chi connectivity index (χ2v) is 5.77. The number of nitrogens with one attached hydrogen (secondary N) is 1. The molecule has 1 aromatic heterocycles. The van der Waals surface area contributed by atoms with E-state index in [9.17, 15) is 4.79 Å². The first-order chi connectivity index (χ1) is 9.66. The smallest absolute Gasteiger partial charge is 0.224 e. The number of carbonyl (C=O) groups excluding carboxylic acids is 1. The molecule has 0 unspecified atom stereocenters. The van der Waals surface area contributed by atoms with Gasteiger partial charge in [0.2, 0.25) is 5.91 Å². The number of rotatable bonds is 6. The lowest BCUT2D eigenvalue weighted by Gasteiger charge is -2.34. The van der Waals surface area contributed by atoms with Gasteiger partial charge in [0.15, 0.2) is 0 Å². The second kappa shape index (κ2) is 7.38. The van der Waals surface area contributed by atoms with Crippen molar-refractivity contribution in [2.45, 2.75) is 45.7 Å². The summed E-state index contributed by atoms with van der Waals surface area (Å²) in [5.74, 6) is 0.361. The van der Waals surface area contributed by atoms with Crippen LogP contribution in [0.25, 0.3) is 0 Å². The molecule has 2 rings (SSSR count). The summed E-state index contributed by atoms with van der Waals surface area (Å²) in [6, 6.07) is 0.527. The van der Waals surface area contributed by atoms with Crippen LogP contribution in [0.5, 0.6) is 0 Å². The Morgan fingerprint density at radius 3 is 2.85 bits per heavy atom. The van der Waals surface area contributed by atoms with E-state index in [1.807, 2.05) is 4.57 Å². The number of likely N-dealkylation sites (tertiary alicyclic amines) is 1. The number of aryl methyl sites for hydroxylation is 1. The van der Waals surface area contributed by atoms with Crippen LogP contribution >= 0.6 is 0 Å². The molecule has 1 aromatic rings. The van der Waals surface area contributed by atoms with E-state index < -0.39 is 0 Å². The Morgan fingerprint density at radius 1 is 1.40 bits per heavy atom. The van der Waals surface area contributed by atoms with Crippen LogP contribution in [0.1, 0.15) is 33.1 Å². The molecule has 1 saturated heterocycles. The standard InChI is InChI=1S/C14H25N5O/c1-12(2)19-8-3-5-13(9-19)14(20)15-6-4-7-18-10-16-17-11-18/h10-13H,3-9H2,1-2H3,(H,15,20)/t13-/m0/s1. The Hall–Kier alpha value is -1.43. The van der Waals surface area contributed by atoms with Gasteiger partial charge in [-0.2, -0.15) is 0 Å². The lowest BCUT2D eigenvalue weighted by atomic mass is 9.96. The van der Waals surface area contributed by atoms with Gasteiger partial charge in [-0.15, -0.1) is 10.2 Å². The van der Waals surface area contributed by atoms with Crippen molar-refractivity contribution in [2.75, 3.05) is 19.6 Å². The number of aromatic nitrogens is 3. The van der Waals surface area contributed by atoms with E-state index >= 15 is 0 Å². The van der Waals surface area contributed by atoms with E-state index in [0.717, 1.165) is 45.4 Å². The predicted octanol–water partition coefficient (Wildman–Crippen LogP) is 0.905. The first-order valence-corrected chi connectivity index (χ1v) is 7.51. The van der Waals surface area contributed by atoms with Crippen molar-refractivity contribution in [1.29, 1.82) is 0 Å². The third-order valence-electron chi connectivity index (χ3n) is 3.91. The van der Waals surface area contributed by atoms with Crippen molar-refractivity contribution in [2.24, 2.45) is 5.92 Å². The highest BCUT2D eigenvalue weighted by atomic mass is 16.1. The molecule has 6 nitrogen and oxygen atoms in total. The molecule has 0 aromatic carbocycles. The SMILES string of the molecule is CC(C)N1CCC[C@H](C(=O)NCCCn2cnnc2)C1. The third kappa shape index (κ3) is 4.30. The van der Waals surface area contributed by atoms with E-state index in [4.69, 9.17) is 0 Å². The number of amides is 1. The van der Waals surface area contributed by atoms with Gasteiger partial charge in [-0.25, -0.2) is 0 Å². The molecule has 1 atom stereocenters. The molecule has 0 saturated carbocycles. The Kier molecular flexibility index (Phi) is 5.52. The zero-order valence-electron chi connectivity index (χ0n) is 12.5. The molecule has 1 N–H and O–H groups in total. The monoisotopic (exact) mass is 279 g/mol. The van der Waals surface area contributed by atoms with Crippen LogP contribution < -0.4 is 5.32 Å². The molecule has 6 heteroatoms. The summed E-state index contributed by atoms with van der Waals surface area (Å²) in [6.07, 6.45) is 6.44. The first-order valence-electron chi connectivity index (χ1n) is 7.51. The molecule has 1 amide bonds. The normalized spacial score (nSPS) is 20.2. The van der Waals surface area contributed by atoms with Gasteiger partial charge in [-0.05, 0) is 39.7 Å². The van der Waals surface area contributed by atoms with Gasteiger partial charge in [-0.3, -0.25) is 4.79 Å². The van der Waals surface area contributed by atoms with E-state index in [1.165, 1.54) is 0 Å². The van der Waals surface area contributed by atoms with Crippen LogP contribution in [-0.2, 0) is 11.3 Å². The van der Waals surface area contributed by atoms with Crippen LogP contribution in [0.2, 0.25) is 0 Å². The molecule has 1 fully saturated rings. The van der Waals surface area contributed by atoms with E-state index in [2.05, 4.69) is 34.3 Å². The molecule has 1 aliphatic heterocycles. The topological polar surface area (TPSA) is 63.1 Å². The largest absolute Gasteiger partial charge is 0.356 e. The van der Waals surface area contributed by atoms with Crippen molar-refractivity contribution in [3.05, 3.63) is 12.7 Å². The Morgan fingerprint density at radius 2 is 2.15 bits per heavy atom. The van der Waals surface area contributed by atoms with Crippen molar-refractivity contribution in [3.8, 4) is 0 Å². The number of carbonyl (C=O) groups is 1. The minimum Gasteiger partial charge on any atom is -0.356 e. The molecule has 1 aliphatic rings. The quantitative estimate of drug-likeness (QED) is 0.786. The maximum absolute atomic E-state index is 12.2. The summed E-state index contributed by atoms with van der Waals surface area (Å²) in [4.78, 5) is 14.6. The number of hydrogen-bond acceptors (Lipinski definition) is 4. The Balaban J connectivity index is 1.66. The van der Waals surface area contributed by atoms with Crippen LogP contribution in [0.15, 0.2) is 12.7 Å². The van der Waals surface area contributed by atoms with Gasteiger partial charge in [-0.1, -0.05) is 0 Å². The number of piperidine rings is 1. The number of nitrogens with zero attached hydrogens (tertiary/aromatic N) is 4. The fraction of sp³-hybridized carbons (Fsp3) is 0.786. The molecule has 0 aliphatic carbocycles. The Bertz CT molecular complexity index is 404. The fourth-order valence-corrected chi connectivity index (χ4v) is 2.64. The number of hydrogen-bond donors (Lipinski definition) is 1. The highest BCUT2D eigenvalue weighted by Gasteiger charge is 2.26. The van der Waals surface area contributed by atoms with E-state index in [-0.39, 0.29) is 11.8 Å². The van der Waals surface area contributed by atoms with Gasteiger partial charge in [0, 0.05) is 25.7 Å². The molecule has 112 valence electrons. The van der Waals surface area contributed by atoms with Crippen LogP contribution in [0.4, 0.5) is 0 Å². The predicted molar refractivity (Wildman–Crippen MR) is 77.1 cm³/mol. The van der Waals surface area contributed by atoms with E-state index in [0.29, 0.717) is 6.04 Å². The van der Waals surface area contributed by atoms with Crippen LogP contribution in [0.3, 0.4) is 0 Å². The summed E-state index contributed by atoms with van der Waals surface area (Å²) in [5.41, 5.74) is 0. The van der Waals surface area contributed by atoms with Crippen molar-refractivity contribution in [3.63, 3.8) is 0 Å². The van der Waals surface area contributed by atoms with Crippen molar-refractivity contribution < 1.29 is 4.79 Å². The summed E-state index contributed by atoms with van der Waals surface area (Å²) < 4.78 is 1.92. The van der Waals surface area contributed by atoms with Gasteiger partial charge in [0.1, 0.15) is 12.7 Å². The molecule has 2 heterocycles. The maximum Gasteiger partial charge on any atom is 0.224 e. The third-order valence-corrected chi connectivity index (χ3v) is 3.91. The zero-order valence-corrected chi connectivity index (χ0v) is 12.5. The van der Waals surface area contributed by atoms with Gasteiger partial charge >= 0.3 is 0 Å². The first kappa shape index (κ1) is 15.0. The summed E-state index contributed by atoms with van der Waals surface area (Å²) in [5, 5.41) is 10.6. The summed E-state index contributed by atoms with van der Waals surface area (Å²) in [7, 11) is 0. The van der Waals surface area contributed by atoms with Crippen LogP contribution in [0, 0.1) is 5.92 Å². The molecule has 20 heavy (non-hydrogen) atoms. The highest BCUT2D eigenvalue weighted by molar-refractivity contribution is 5.78. The van der Waals surface area contributed by atoms with Crippen LogP contribution in [-0.4, -0.2) is 51.2 Å². The minimum atomic E-state index is 0.154. The average Bonchev–Trinajstić information content (AvgIpc) is 2.96. The maximum atomic E-state index is 12.2. The van der Waals surface area contributed by atoms with Crippen molar-refractivity contribution in [1.82, 2.24) is 25.0 Å². The lowest BCUT2D eigenvalue weighted by molar-refractivity contribution is -0.126. The molecule has 0 radical (unpaired) electrons. The van der Waals surface area contributed by atoms with Crippen molar-refractivity contribution >= 4 is 5.91 Å². The molecular formula is C14H25N5O. The fourth-order valence-electron chi connectivity index (χ4n) is 2.64. The lowest BCUT2D eigenvalue weighted by Crippen LogP contribution is -2.45. The Labute approximate surface area is 120 Å². The summed E-state index contributed by atoms with van der Waals surface area (Å²) in [6.45, 7) is 7.97. The zero-order chi connectivity index (χ0) is 14.4. The second-order valence-electron chi connectivity index (χ2n) is 5.77. The average molecular weight is 279 g/mol. The molecule has 0 spiro atoms. The van der Waals surface area contributed by atoms with Gasteiger partial charge in [0.25, 0.3) is 0 Å². The van der Waals surface area contributed by atoms with Gasteiger partial charge in [0.05, 0.1) is 5.92 Å². The molecule has 0 bridgehead atoms. The molecular weight excluding hydrogens is 254 g/mol. The minimum absolute atomic E-state index is 0.154. The van der Waals surface area contributed by atoms with E-state index in [1.54, 1.807) is 12.7 Å².